The SMILES string of the molecule is Cc1ccc(C(=O)N2CC(C)CC(C)C2)cc1NC(=O)c1cc(-c2ccccc2F)on1. The number of aryl methyl sites for hydroxylation is 1. The van der Waals surface area contributed by atoms with Crippen molar-refractivity contribution in [3.63, 3.8) is 0 Å². The van der Waals surface area contributed by atoms with Crippen LogP contribution < -0.4 is 5.32 Å². The molecule has 2 unspecified atom stereocenters. The number of carbonyl (C=O) groups is 2. The van der Waals surface area contributed by atoms with E-state index in [2.05, 4.69) is 24.3 Å². The number of benzene rings is 2. The van der Waals surface area contributed by atoms with Crippen LogP contribution in [-0.2, 0) is 0 Å². The van der Waals surface area contributed by atoms with Crippen molar-refractivity contribution in [1.29, 1.82) is 0 Å². The van der Waals surface area contributed by atoms with Gasteiger partial charge in [-0.25, -0.2) is 4.39 Å². The van der Waals surface area contributed by atoms with Gasteiger partial charge in [0.2, 0.25) is 0 Å². The maximum atomic E-state index is 14.0. The average molecular weight is 435 g/mol. The second kappa shape index (κ2) is 8.94. The molecular formula is C25H26FN3O3. The Hall–Kier alpha value is -3.48. The first-order valence-corrected chi connectivity index (χ1v) is 10.7. The highest BCUT2D eigenvalue weighted by molar-refractivity contribution is 6.04. The predicted octanol–water partition coefficient (Wildman–Crippen LogP) is 5.16. The Morgan fingerprint density at radius 1 is 1.09 bits per heavy atom. The lowest BCUT2D eigenvalue weighted by Crippen LogP contribution is -2.42. The first-order valence-electron chi connectivity index (χ1n) is 10.7. The van der Waals surface area contributed by atoms with E-state index < -0.39 is 11.7 Å². The fourth-order valence-corrected chi connectivity index (χ4v) is 4.26. The summed E-state index contributed by atoms with van der Waals surface area (Å²) in [4.78, 5) is 27.7. The average Bonchev–Trinajstić information content (AvgIpc) is 3.24. The molecule has 1 aliphatic heterocycles. The third-order valence-corrected chi connectivity index (χ3v) is 5.77. The van der Waals surface area contributed by atoms with Gasteiger partial charge in [-0.1, -0.05) is 37.2 Å². The summed E-state index contributed by atoms with van der Waals surface area (Å²) >= 11 is 0. The Morgan fingerprint density at radius 3 is 2.53 bits per heavy atom. The zero-order valence-corrected chi connectivity index (χ0v) is 18.4. The van der Waals surface area contributed by atoms with Gasteiger partial charge in [0.15, 0.2) is 11.5 Å². The topological polar surface area (TPSA) is 75.4 Å². The number of nitrogens with zero attached hydrogens (tertiary/aromatic N) is 2. The molecule has 2 heterocycles. The molecule has 2 aromatic carbocycles. The minimum absolute atomic E-state index is 0.0260. The van der Waals surface area contributed by atoms with Crippen LogP contribution in [-0.4, -0.2) is 35.0 Å². The highest BCUT2D eigenvalue weighted by Gasteiger charge is 2.26. The van der Waals surface area contributed by atoms with Crippen LogP contribution in [0.3, 0.4) is 0 Å². The van der Waals surface area contributed by atoms with E-state index in [1.165, 1.54) is 12.1 Å². The van der Waals surface area contributed by atoms with Crippen LogP contribution >= 0.6 is 0 Å². The molecule has 32 heavy (non-hydrogen) atoms. The summed E-state index contributed by atoms with van der Waals surface area (Å²) in [5, 5.41) is 6.57. The number of nitrogens with one attached hydrogen (secondary N) is 1. The zero-order valence-electron chi connectivity index (χ0n) is 18.4. The van der Waals surface area contributed by atoms with E-state index in [4.69, 9.17) is 4.52 Å². The van der Waals surface area contributed by atoms with Crippen LogP contribution in [0.15, 0.2) is 53.1 Å². The van der Waals surface area contributed by atoms with Crippen molar-refractivity contribution in [1.82, 2.24) is 10.1 Å². The fraction of sp³-hybridized carbons (Fsp3) is 0.320. The number of amides is 2. The summed E-state index contributed by atoms with van der Waals surface area (Å²) in [5.74, 6) is 0.0963. The number of piperidine rings is 1. The zero-order chi connectivity index (χ0) is 22.8. The molecule has 1 aromatic heterocycles. The lowest BCUT2D eigenvalue weighted by molar-refractivity contribution is 0.0623. The highest BCUT2D eigenvalue weighted by atomic mass is 19.1. The van der Waals surface area contributed by atoms with Gasteiger partial charge in [0.25, 0.3) is 11.8 Å². The monoisotopic (exact) mass is 435 g/mol. The molecule has 7 heteroatoms. The van der Waals surface area contributed by atoms with Crippen molar-refractivity contribution in [3.05, 3.63) is 71.2 Å². The second-order valence-corrected chi connectivity index (χ2v) is 8.70. The van der Waals surface area contributed by atoms with Crippen molar-refractivity contribution in [3.8, 4) is 11.3 Å². The predicted molar refractivity (Wildman–Crippen MR) is 120 cm³/mol. The van der Waals surface area contributed by atoms with Gasteiger partial charge in [0.1, 0.15) is 5.82 Å². The molecule has 1 saturated heterocycles. The van der Waals surface area contributed by atoms with Crippen molar-refractivity contribution in [2.45, 2.75) is 27.2 Å². The number of likely N-dealkylation sites (tertiary alicyclic amines) is 1. The quantitative estimate of drug-likeness (QED) is 0.614. The number of hydrogen-bond donors (Lipinski definition) is 1. The van der Waals surface area contributed by atoms with Gasteiger partial charge in [-0.15, -0.1) is 0 Å². The Balaban J connectivity index is 1.52. The molecule has 4 rings (SSSR count). The molecule has 6 nitrogen and oxygen atoms in total. The highest BCUT2D eigenvalue weighted by Crippen LogP contribution is 2.26. The van der Waals surface area contributed by atoms with Crippen LogP contribution in [0.25, 0.3) is 11.3 Å². The summed E-state index contributed by atoms with van der Waals surface area (Å²) in [6.45, 7) is 7.63. The van der Waals surface area contributed by atoms with E-state index in [-0.39, 0.29) is 22.9 Å². The first kappa shape index (κ1) is 21.7. The van der Waals surface area contributed by atoms with Gasteiger partial charge >= 0.3 is 0 Å². The minimum atomic E-state index is -0.496. The van der Waals surface area contributed by atoms with E-state index >= 15 is 0 Å². The lowest BCUT2D eigenvalue weighted by Gasteiger charge is -2.35. The van der Waals surface area contributed by atoms with E-state index in [9.17, 15) is 14.0 Å². The molecule has 0 saturated carbocycles. The van der Waals surface area contributed by atoms with Crippen LogP contribution in [0.5, 0.6) is 0 Å². The number of carbonyl (C=O) groups excluding carboxylic acids is 2. The van der Waals surface area contributed by atoms with E-state index in [1.54, 1.807) is 30.3 Å². The lowest BCUT2D eigenvalue weighted by atomic mass is 9.91. The molecule has 0 bridgehead atoms. The summed E-state index contributed by atoms with van der Waals surface area (Å²) in [6, 6.07) is 12.8. The molecule has 2 amide bonds. The van der Waals surface area contributed by atoms with E-state index in [0.717, 1.165) is 25.1 Å². The van der Waals surface area contributed by atoms with Crippen LogP contribution in [0.1, 0.15) is 46.7 Å². The maximum absolute atomic E-state index is 14.0. The van der Waals surface area contributed by atoms with Crippen LogP contribution in [0, 0.1) is 24.6 Å². The first-order chi connectivity index (χ1) is 15.3. The Bertz CT molecular complexity index is 1150. The van der Waals surface area contributed by atoms with Gasteiger partial charge in [0.05, 0.1) is 5.56 Å². The largest absolute Gasteiger partial charge is 0.355 e. The summed E-state index contributed by atoms with van der Waals surface area (Å²) in [7, 11) is 0. The van der Waals surface area contributed by atoms with Gasteiger partial charge in [-0.3, -0.25) is 9.59 Å². The van der Waals surface area contributed by atoms with E-state index in [0.29, 0.717) is 23.1 Å². The molecular weight excluding hydrogens is 409 g/mol. The molecule has 166 valence electrons. The van der Waals surface area contributed by atoms with Crippen molar-refractivity contribution in [2.24, 2.45) is 11.8 Å². The molecule has 1 aliphatic rings. The third-order valence-electron chi connectivity index (χ3n) is 5.77. The molecule has 1 N–H and O–H groups in total. The molecule has 1 fully saturated rings. The van der Waals surface area contributed by atoms with Gasteiger partial charge < -0.3 is 14.7 Å². The smallest absolute Gasteiger partial charge is 0.277 e. The number of rotatable bonds is 4. The van der Waals surface area contributed by atoms with Crippen molar-refractivity contribution >= 4 is 17.5 Å². The normalized spacial score (nSPS) is 18.4. The van der Waals surface area contributed by atoms with Gasteiger partial charge in [-0.2, -0.15) is 0 Å². The fourth-order valence-electron chi connectivity index (χ4n) is 4.26. The van der Waals surface area contributed by atoms with E-state index in [1.807, 2.05) is 17.9 Å². The number of aromatic nitrogens is 1. The van der Waals surface area contributed by atoms with Gasteiger partial charge in [0, 0.05) is 30.4 Å². The molecule has 0 spiro atoms. The van der Waals surface area contributed by atoms with Gasteiger partial charge in [-0.05, 0) is 55.0 Å². The molecule has 2 atom stereocenters. The number of hydrogen-bond acceptors (Lipinski definition) is 4. The Morgan fingerprint density at radius 2 is 1.81 bits per heavy atom. The minimum Gasteiger partial charge on any atom is -0.355 e. The summed E-state index contributed by atoms with van der Waals surface area (Å²) in [5.41, 5.74) is 2.12. The Labute approximate surface area is 186 Å². The van der Waals surface area contributed by atoms with Crippen LogP contribution in [0.2, 0.25) is 0 Å². The molecule has 0 radical (unpaired) electrons. The second-order valence-electron chi connectivity index (χ2n) is 8.70. The van der Waals surface area contributed by atoms with Crippen molar-refractivity contribution < 1.29 is 18.5 Å². The Kier molecular flexibility index (Phi) is 6.08. The van der Waals surface area contributed by atoms with Crippen LogP contribution in [0.4, 0.5) is 10.1 Å². The standard InChI is InChI=1S/C25H26FN3O3/c1-15-10-16(2)14-29(13-15)25(31)18-9-8-17(3)21(11-18)27-24(30)22-12-23(32-28-22)19-6-4-5-7-20(19)26/h4-9,11-12,15-16H,10,13-14H2,1-3H3,(H,27,30). The molecule has 0 aliphatic carbocycles. The number of halogens is 1. The molecule has 3 aromatic rings. The summed E-state index contributed by atoms with van der Waals surface area (Å²) in [6.07, 6.45) is 1.12. The summed E-state index contributed by atoms with van der Waals surface area (Å²) < 4.78 is 19.2. The van der Waals surface area contributed by atoms with Crippen molar-refractivity contribution in [2.75, 3.05) is 18.4 Å². The maximum Gasteiger partial charge on any atom is 0.277 e. The third kappa shape index (κ3) is 4.56. The number of anilines is 1.